The van der Waals surface area contributed by atoms with Gasteiger partial charge in [-0.25, -0.2) is 8.42 Å². The van der Waals surface area contributed by atoms with E-state index in [0.29, 0.717) is 25.1 Å². The predicted octanol–water partition coefficient (Wildman–Crippen LogP) is 1.58. The molecule has 0 spiro atoms. The molecule has 0 aliphatic rings. The first-order valence-electron chi connectivity index (χ1n) is 6.08. The van der Waals surface area contributed by atoms with Crippen LogP contribution in [0.5, 0.6) is 0 Å². The van der Waals surface area contributed by atoms with Crippen molar-refractivity contribution in [3.8, 4) is 0 Å². The minimum Gasteiger partial charge on any atom is -0.383 e. The summed E-state index contributed by atoms with van der Waals surface area (Å²) in [5, 5.41) is 6.36. The minimum atomic E-state index is -3.63. The molecule has 1 rings (SSSR count). The Morgan fingerprint density at radius 1 is 1.58 bits per heavy atom. The standard InChI is InChI=1S/C11H20ClN3O3S/c1-4-9(2)15(5-6-18-3)19(16,17)11-10(7-12)8-13-14-11/h8-9H,4-7H2,1-3H3,(H,13,14). The summed E-state index contributed by atoms with van der Waals surface area (Å²) >= 11 is 5.73. The molecular weight excluding hydrogens is 290 g/mol. The molecule has 1 aromatic heterocycles. The van der Waals surface area contributed by atoms with Crippen LogP contribution in [-0.2, 0) is 20.6 Å². The number of hydrogen-bond donors (Lipinski definition) is 1. The number of nitrogens with zero attached hydrogens (tertiary/aromatic N) is 2. The number of hydrogen-bond acceptors (Lipinski definition) is 4. The molecule has 0 aliphatic carbocycles. The number of aromatic amines is 1. The molecule has 0 bridgehead atoms. The van der Waals surface area contributed by atoms with Crippen molar-refractivity contribution in [3.05, 3.63) is 11.8 Å². The second-order valence-electron chi connectivity index (χ2n) is 4.22. The quantitative estimate of drug-likeness (QED) is 0.740. The van der Waals surface area contributed by atoms with E-state index in [1.165, 1.54) is 10.5 Å². The highest BCUT2D eigenvalue weighted by atomic mass is 35.5. The summed E-state index contributed by atoms with van der Waals surface area (Å²) in [6.45, 7) is 4.45. The van der Waals surface area contributed by atoms with Gasteiger partial charge in [0.15, 0.2) is 5.03 Å². The molecule has 19 heavy (non-hydrogen) atoms. The second kappa shape index (κ2) is 7.23. The van der Waals surface area contributed by atoms with Gasteiger partial charge in [0, 0.05) is 25.3 Å². The van der Waals surface area contributed by atoms with E-state index < -0.39 is 10.0 Å². The summed E-state index contributed by atoms with van der Waals surface area (Å²) in [5.74, 6) is 0.101. The van der Waals surface area contributed by atoms with Crippen molar-refractivity contribution in [1.82, 2.24) is 14.5 Å². The Morgan fingerprint density at radius 2 is 2.26 bits per heavy atom. The first-order chi connectivity index (χ1) is 8.98. The van der Waals surface area contributed by atoms with E-state index in [1.54, 1.807) is 7.11 Å². The molecule has 0 saturated carbocycles. The summed E-state index contributed by atoms with van der Waals surface area (Å²) in [5.41, 5.74) is 0.479. The number of nitrogens with one attached hydrogen (secondary N) is 1. The molecular formula is C11H20ClN3O3S. The van der Waals surface area contributed by atoms with Crippen molar-refractivity contribution in [2.24, 2.45) is 0 Å². The molecule has 1 heterocycles. The second-order valence-corrected chi connectivity index (χ2v) is 6.32. The predicted molar refractivity (Wildman–Crippen MR) is 73.7 cm³/mol. The Hall–Kier alpha value is -0.630. The van der Waals surface area contributed by atoms with E-state index >= 15 is 0 Å². The fraction of sp³-hybridized carbons (Fsp3) is 0.727. The molecule has 1 aromatic rings. The lowest BCUT2D eigenvalue weighted by atomic mass is 10.3. The van der Waals surface area contributed by atoms with Gasteiger partial charge in [-0.1, -0.05) is 6.92 Å². The minimum absolute atomic E-state index is 0.0684. The highest BCUT2D eigenvalue weighted by molar-refractivity contribution is 7.89. The van der Waals surface area contributed by atoms with Crippen molar-refractivity contribution < 1.29 is 13.2 Å². The molecule has 6 nitrogen and oxygen atoms in total. The van der Waals surface area contributed by atoms with Crippen LogP contribution < -0.4 is 0 Å². The number of halogens is 1. The monoisotopic (exact) mass is 309 g/mol. The Morgan fingerprint density at radius 3 is 2.79 bits per heavy atom. The van der Waals surface area contributed by atoms with Gasteiger partial charge in [0.05, 0.1) is 18.7 Å². The zero-order chi connectivity index (χ0) is 14.5. The van der Waals surface area contributed by atoms with E-state index in [1.807, 2.05) is 13.8 Å². The number of sulfonamides is 1. The molecule has 1 unspecified atom stereocenters. The van der Waals surface area contributed by atoms with Crippen molar-refractivity contribution in [2.45, 2.75) is 37.2 Å². The normalized spacial score (nSPS) is 13.9. The fourth-order valence-electron chi connectivity index (χ4n) is 1.70. The molecule has 0 aromatic carbocycles. The van der Waals surface area contributed by atoms with Crippen molar-refractivity contribution in [1.29, 1.82) is 0 Å². The molecule has 0 saturated heterocycles. The Labute approximate surface area is 119 Å². The first-order valence-corrected chi connectivity index (χ1v) is 8.05. The summed E-state index contributed by atoms with van der Waals surface area (Å²) in [4.78, 5) is 0. The third kappa shape index (κ3) is 3.68. The lowest BCUT2D eigenvalue weighted by molar-refractivity contribution is 0.167. The summed E-state index contributed by atoms with van der Waals surface area (Å²) < 4.78 is 31.6. The topological polar surface area (TPSA) is 75.3 Å². The number of H-pyrrole nitrogens is 1. The van der Waals surface area contributed by atoms with Gasteiger partial charge in [-0.2, -0.15) is 9.40 Å². The van der Waals surface area contributed by atoms with Crippen LogP contribution in [0.2, 0.25) is 0 Å². The van der Waals surface area contributed by atoms with Crippen molar-refractivity contribution >= 4 is 21.6 Å². The van der Waals surface area contributed by atoms with Gasteiger partial charge in [-0.3, -0.25) is 5.10 Å². The van der Waals surface area contributed by atoms with Gasteiger partial charge >= 0.3 is 0 Å². The van der Waals surface area contributed by atoms with Crippen LogP contribution in [0.15, 0.2) is 11.2 Å². The third-order valence-corrected chi connectivity index (χ3v) is 5.30. The highest BCUT2D eigenvalue weighted by Gasteiger charge is 2.31. The zero-order valence-corrected chi connectivity index (χ0v) is 13.0. The summed E-state index contributed by atoms with van der Waals surface area (Å²) in [7, 11) is -2.09. The zero-order valence-electron chi connectivity index (χ0n) is 11.4. The van der Waals surface area contributed by atoms with E-state index in [4.69, 9.17) is 16.3 Å². The van der Waals surface area contributed by atoms with Crippen LogP contribution in [0, 0.1) is 0 Å². The number of rotatable bonds is 8. The highest BCUT2D eigenvalue weighted by Crippen LogP contribution is 2.21. The maximum Gasteiger partial charge on any atom is 0.260 e. The van der Waals surface area contributed by atoms with Crippen molar-refractivity contribution in [3.63, 3.8) is 0 Å². The van der Waals surface area contributed by atoms with Crippen LogP contribution in [0.4, 0.5) is 0 Å². The maximum atomic E-state index is 12.6. The van der Waals surface area contributed by atoms with Gasteiger partial charge in [0.2, 0.25) is 0 Å². The molecule has 0 radical (unpaired) electrons. The van der Waals surface area contributed by atoms with Gasteiger partial charge in [0.1, 0.15) is 0 Å². The summed E-state index contributed by atoms with van der Waals surface area (Å²) in [6.07, 6.45) is 2.15. The SMILES string of the molecule is CCC(C)N(CCOC)S(=O)(=O)c1[nH]ncc1CCl. The largest absolute Gasteiger partial charge is 0.383 e. The number of methoxy groups -OCH3 is 1. The van der Waals surface area contributed by atoms with E-state index in [0.717, 1.165) is 0 Å². The molecule has 0 fully saturated rings. The van der Waals surface area contributed by atoms with Gasteiger partial charge in [0.25, 0.3) is 10.0 Å². The Kier molecular flexibility index (Phi) is 6.25. The molecule has 1 atom stereocenters. The van der Waals surface area contributed by atoms with Crippen LogP contribution >= 0.6 is 11.6 Å². The molecule has 8 heteroatoms. The number of alkyl halides is 1. The molecule has 0 amide bonds. The number of aromatic nitrogens is 2. The van der Waals surface area contributed by atoms with E-state index in [-0.39, 0.29) is 16.9 Å². The van der Waals surface area contributed by atoms with Crippen LogP contribution in [0.3, 0.4) is 0 Å². The van der Waals surface area contributed by atoms with Crippen LogP contribution in [0.1, 0.15) is 25.8 Å². The smallest absolute Gasteiger partial charge is 0.260 e. The molecule has 0 aliphatic heterocycles. The Bertz CT molecular complexity index is 489. The van der Waals surface area contributed by atoms with Gasteiger partial charge in [-0.05, 0) is 13.3 Å². The molecule has 1 N–H and O–H groups in total. The lowest BCUT2D eigenvalue weighted by Crippen LogP contribution is -2.40. The van der Waals surface area contributed by atoms with Crippen LogP contribution in [-0.4, -0.2) is 49.2 Å². The van der Waals surface area contributed by atoms with E-state index in [2.05, 4.69) is 10.2 Å². The van der Waals surface area contributed by atoms with Gasteiger partial charge < -0.3 is 4.74 Å². The van der Waals surface area contributed by atoms with Crippen molar-refractivity contribution in [2.75, 3.05) is 20.3 Å². The maximum absolute atomic E-state index is 12.6. The van der Waals surface area contributed by atoms with E-state index in [9.17, 15) is 8.42 Å². The average molecular weight is 310 g/mol. The first kappa shape index (κ1) is 16.4. The fourth-order valence-corrected chi connectivity index (χ4v) is 3.78. The summed E-state index contributed by atoms with van der Waals surface area (Å²) in [6, 6.07) is -0.119. The number of ether oxygens (including phenoxy) is 1. The average Bonchev–Trinajstić information content (AvgIpc) is 2.87. The third-order valence-electron chi connectivity index (χ3n) is 2.99. The Balaban J connectivity index is 3.12. The lowest BCUT2D eigenvalue weighted by Gasteiger charge is -2.27. The van der Waals surface area contributed by atoms with Crippen LogP contribution in [0.25, 0.3) is 0 Å². The molecule has 110 valence electrons. The van der Waals surface area contributed by atoms with Gasteiger partial charge in [-0.15, -0.1) is 11.6 Å².